The van der Waals surface area contributed by atoms with Crippen LogP contribution in [0.3, 0.4) is 0 Å². The fourth-order valence-corrected chi connectivity index (χ4v) is 2.30. The first-order chi connectivity index (χ1) is 9.55. The molecule has 0 aliphatic carbocycles. The van der Waals surface area contributed by atoms with Gasteiger partial charge in [0.1, 0.15) is 11.5 Å². The molecule has 0 aromatic heterocycles. The van der Waals surface area contributed by atoms with Crippen LogP contribution in [-0.4, -0.2) is 32.5 Å². The SMILES string of the molecule is CCC(CC)(CO)CNc1cc(Cl)c(OC)cc1OC. The van der Waals surface area contributed by atoms with Gasteiger partial charge in [0.05, 0.1) is 31.5 Å². The lowest BCUT2D eigenvalue weighted by Crippen LogP contribution is -2.32. The van der Waals surface area contributed by atoms with Crippen LogP contribution in [0.1, 0.15) is 26.7 Å². The summed E-state index contributed by atoms with van der Waals surface area (Å²) in [6.45, 7) is 4.98. The fraction of sp³-hybridized carbons (Fsp3) is 0.600. The van der Waals surface area contributed by atoms with Crippen molar-refractivity contribution in [3.8, 4) is 11.5 Å². The van der Waals surface area contributed by atoms with Crippen LogP contribution in [0.5, 0.6) is 11.5 Å². The maximum absolute atomic E-state index is 9.60. The maximum Gasteiger partial charge on any atom is 0.145 e. The fourth-order valence-electron chi connectivity index (χ4n) is 2.06. The molecule has 1 aromatic rings. The molecule has 0 saturated heterocycles. The van der Waals surface area contributed by atoms with Gasteiger partial charge in [-0.2, -0.15) is 0 Å². The molecule has 5 heteroatoms. The second-order valence-electron chi connectivity index (χ2n) is 4.91. The van der Waals surface area contributed by atoms with Gasteiger partial charge in [-0.1, -0.05) is 25.4 Å². The van der Waals surface area contributed by atoms with Gasteiger partial charge in [-0.05, 0) is 18.9 Å². The van der Waals surface area contributed by atoms with Crippen molar-refractivity contribution in [2.75, 3.05) is 32.7 Å². The maximum atomic E-state index is 9.60. The van der Waals surface area contributed by atoms with Gasteiger partial charge in [0, 0.05) is 18.0 Å². The molecule has 0 aliphatic rings. The molecule has 2 N–H and O–H groups in total. The van der Waals surface area contributed by atoms with Gasteiger partial charge in [-0.25, -0.2) is 0 Å². The normalized spacial score (nSPS) is 11.3. The number of aliphatic hydroxyl groups is 1. The van der Waals surface area contributed by atoms with Gasteiger partial charge in [0.15, 0.2) is 0 Å². The van der Waals surface area contributed by atoms with Crippen LogP contribution < -0.4 is 14.8 Å². The number of nitrogens with one attached hydrogen (secondary N) is 1. The molecule has 0 bridgehead atoms. The molecule has 0 atom stereocenters. The zero-order chi connectivity index (χ0) is 15.2. The second-order valence-corrected chi connectivity index (χ2v) is 5.31. The molecular weight excluding hydrogens is 278 g/mol. The minimum Gasteiger partial charge on any atom is -0.495 e. The van der Waals surface area contributed by atoms with E-state index in [2.05, 4.69) is 19.2 Å². The molecule has 0 amide bonds. The molecule has 0 radical (unpaired) electrons. The molecule has 1 rings (SSSR count). The molecule has 20 heavy (non-hydrogen) atoms. The van der Waals surface area contributed by atoms with E-state index in [1.54, 1.807) is 26.4 Å². The van der Waals surface area contributed by atoms with Gasteiger partial charge in [-0.15, -0.1) is 0 Å². The Kier molecular flexibility index (Phi) is 6.43. The number of anilines is 1. The molecular formula is C15H24ClNO3. The zero-order valence-electron chi connectivity index (χ0n) is 12.6. The number of hydrogen-bond donors (Lipinski definition) is 2. The van der Waals surface area contributed by atoms with E-state index >= 15 is 0 Å². The Bertz CT molecular complexity index is 425. The first-order valence-corrected chi connectivity index (χ1v) is 7.19. The zero-order valence-corrected chi connectivity index (χ0v) is 13.4. The monoisotopic (exact) mass is 301 g/mol. The highest BCUT2D eigenvalue weighted by Gasteiger charge is 2.25. The standard InChI is InChI=1S/C15H24ClNO3/c1-5-15(6-2,10-18)9-17-12-7-11(16)13(19-3)8-14(12)20-4/h7-8,17-18H,5-6,9-10H2,1-4H3. The molecule has 0 heterocycles. The van der Waals surface area contributed by atoms with E-state index in [4.69, 9.17) is 21.1 Å². The van der Waals surface area contributed by atoms with Gasteiger partial charge < -0.3 is 19.9 Å². The molecule has 1 aromatic carbocycles. The van der Waals surface area contributed by atoms with Gasteiger partial charge in [-0.3, -0.25) is 0 Å². The highest BCUT2D eigenvalue weighted by Crippen LogP contribution is 2.37. The van der Waals surface area contributed by atoms with Crippen molar-refractivity contribution in [2.45, 2.75) is 26.7 Å². The van der Waals surface area contributed by atoms with Crippen molar-refractivity contribution in [1.29, 1.82) is 0 Å². The minimum absolute atomic E-state index is 0.128. The molecule has 0 saturated carbocycles. The smallest absolute Gasteiger partial charge is 0.145 e. The van der Waals surface area contributed by atoms with Crippen LogP contribution in [0.4, 0.5) is 5.69 Å². The highest BCUT2D eigenvalue weighted by molar-refractivity contribution is 6.32. The van der Waals surface area contributed by atoms with Crippen LogP contribution in [0.15, 0.2) is 12.1 Å². The van der Waals surface area contributed by atoms with Crippen molar-refractivity contribution >= 4 is 17.3 Å². The van der Waals surface area contributed by atoms with E-state index in [0.717, 1.165) is 18.5 Å². The number of aliphatic hydroxyl groups excluding tert-OH is 1. The quantitative estimate of drug-likeness (QED) is 0.771. The van der Waals surface area contributed by atoms with Crippen molar-refractivity contribution in [3.63, 3.8) is 0 Å². The first kappa shape index (κ1) is 16.9. The van der Waals surface area contributed by atoms with Crippen molar-refractivity contribution in [2.24, 2.45) is 5.41 Å². The average Bonchev–Trinajstić information content (AvgIpc) is 2.49. The summed E-state index contributed by atoms with van der Waals surface area (Å²) in [5.41, 5.74) is 0.676. The largest absolute Gasteiger partial charge is 0.495 e. The number of rotatable bonds is 8. The number of benzene rings is 1. The topological polar surface area (TPSA) is 50.7 Å². The van der Waals surface area contributed by atoms with Gasteiger partial charge in [0.25, 0.3) is 0 Å². The third-order valence-corrected chi connectivity index (χ3v) is 4.26. The summed E-state index contributed by atoms with van der Waals surface area (Å²) >= 11 is 6.14. The molecule has 114 valence electrons. The Balaban J connectivity index is 2.94. The summed E-state index contributed by atoms with van der Waals surface area (Å²) < 4.78 is 10.5. The summed E-state index contributed by atoms with van der Waals surface area (Å²) in [4.78, 5) is 0. The van der Waals surface area contributed by atoms with E-state index in [0.29, 0.717) is 23.1 Å². The third-order valence-electron chi connectivity index (χ3n) is 3.96. The predicted molar refractivity (Wildman–Crippen MR) is 83.1 cm³/mol. The predicted octanol–water partition coefficient (Wildman–Crippen LogP) is 3.57. The summed E-state index contributed by atoms with van der Waals surface area (Å²) in [6.07, 6.45) is 1.80. The number of hydrogen-bond acceptors (Lipinski definition) is 4. The Hall–Kier alpha value is -1.13. The number of halogens is 1. The van der Waals surface area contributed by atoms with Crippen LogP contribution in [0, 0.1) is 5.41 Å². The summed E-state index contributed by atoms with van der Waals surface area (Å²) in [7, 11) is 3.17. The van der Waals surface area contributed by atoms with E-state index in [1.165, 1.54) is 0 Å². The van der Waals surface area contributed by atoms with Crippen molar-refractivity contribution in [3.05, 3.63) is 17.2 Å². The molecule has 0 spiro atoms. The second kappa shape index (κ2) is 7.60. The Morgan fingerprint density at radius 2 is 1.75 bits per heavy atom. The van der Waals surface area contributed by atoms with Gasteiger partial charge in [0.2, 0.25) is 0 Å². The van der Waals surface area contributed by atoms with Crippen LogP contribution in [0.25, 0.3) is 0 Å². The van der Waals surface area contributed by atoms with Crippen molar-refractivity contribution < 1.29 is 14.6 Å². The van der Waals surface area contributed by atoms with Crippen LogP contribution in [-0.2, 0) is 0 Å². The van der Waals surface area contributed by atoms with Gasteiger partial charge >= 0.3 is 0 Å². The molecule has 0 unspecified atom stereocenters. The summed E-state index contributed by atoms with van der Waals surface area (Å²) in [6, 6.07) is 3.54. The summed E-state index contributed by atoms with van der Waals surface area (Å²) in [5.74, 6) is 1.25. The van der Waals surface area contributed by atoms with Crippen molar-refractivity contribution in [1.82, 2.24) is 0 Å². The lowest BCUT2D eigenvalue weighted by molar-refractivity contribution is 0.127. The molecule has 0 aliphatic heterocycles. The molecule has 0 fully saturated rings. The summed E-state index contributed by atoms with van der Waals surface area (Å²) in [5, 5.41) is 13.5. The average molecular weight is 302 g/mol. The lowest BCUT2D eigenvalue weighted by atomic mass is 9.83. The Labute approximate surface area is 126 Å². The third kappa shape index (κ3) is 3.70. The van der Waals surface area contributed by atoms with E-state index in [1.807, 2.05) is 0 Å². The number of ether oxygens (including phenoxy) is 2. The Morgan fingerprint density at radius 1 is 1.15 bits per heavy atom. The molecule has 4 nitrogen and oxygen atoms in total. The highest BCUT2D eigenvalue weighted by atomic mass is 35.5. The van der Waals surface area contributed by atoms with E-state index in [-0.39, 0.29) is 12.0 Å². The minimum atomic E-state index is -0.128. The lowest BCUT2D eigenvalue weighted by Gasteiger charge is -2.30. The Morgan fingerprint density at radius 3 is 2.20 bits per heavy atom. The van der Waals surface area contributed by atoms with Crippen LogP contribution >= 0.6 is 11.6 Å². The van der Waals surface area contributed by atoms with Crippen LogP contribution in [0.2, 0.25) is 5.02 Å². The number of methoxy groups -OCH3 is 2. The van der Waals surface area contributed by atoms with E-state index in [9.17, 15) is 5.11 Å². The van der Waals surface area contributed by atoms with E-state index < -0.39 is 0 Å². The first-order valence-electron chi connectivity index (χ1n) is 6.82.